The zero-order valence-corrected chi connectivity index (χ0v) is 12.3. The fraction of sp³-hybridized carbons (Fsp3) is 0.118. The van der Waals surface area contributed by atoms with E-state index in [9.17, 15) is 4.79 Å². The number of aromatic nitrogens is 1. The zero-order valence-electron chi connectivity index (χ0n) is 12.3. The highest BCUT2D eigenvalue weighted by Gasteiger charge is 2.12. The quantitative estimate of drug-likeness (QED) is 0.775. The fourth-order valence-electron chi connectivity index (χ4n) is 2.39. The van der Waals surface area contributed by atoms with Gasteiger partial charge in [0.2, 0.25) is 0 Å². The third kappa shape index (κ3) is 2.48. The Labute approximate surface area is 127 Å². The van der Waals surface area contributed by atoms with E-state index < -0.39 is 0 Å². The third-order valence-corrected chi connectivity index (χ3v) is 3.47. The second kappa shape index (κ2) is 5.81. The van der Waals surface area contributed by atoms with Gasteiger partial charge in [0.15, 0.2) is 11.5 Å². The third-order valence-electron chi connectivity index (χ3n) is 3.47. The van der Waals surface area contributed by atoms with Crippen LogP contribution in [0.4, 0.5) is 5.69 Å². The summed E-state index contributed by atoms with van der Waals surface area (Å²) in [6.45, 7) is 0. The molecule has 2 N–H and O–H groups in total. The van der Waals surface area contributed by atoms with Crippen LogP contribution in [-0.2, 0) is 0 Å². The number of nitrogens with one attached hydrogen (secondary N) is 2. The Bertz CT molecular complexity index is 824. The van der Waals surface area contributed by atoms with Gasteiger partial charge in [0.1, 0.15) is 0 Å². The van der Waals surface area contributed by atoms with Crippen molar-refractivity contribution in [2.24, 2.45) is 0 Å². The summed E-state index contributed by atoms with van der Waals surface area (Å²) >= 11 is 0. The molecule has 0 saturated carbocycles. The van der Waals surface area contributed by atoms with E-state index in [1.807, 2.05) is 24.4 Å². The standard InChI is InChI=1S/C17H16N2O3/c1-21-14-7-6-12(10-15(14)22-2)19-17(20)13-5-3-4-11-8-9-18-16(11)13/h3-10,18H,1-2H3,(H,19,20). The van der Waals surface area contributed by atoms with Crippen molar-refractivity contribution in [3.8, 4) is 11.5 Å². The molecule has 0 aliphatic carbocycles. The van der Waals surface area contributed by atoms with E-state index >= 15 is 0 Å². The number of H-pyrrole nitrogens is 1. The second-order valence-electron chi connectivity index (χ2n) is 4.77. The number of carbonyl (C=O) groups is 1. The zero-order chi connectivity index (χ0) is 15.5. The summed E-state index contributed by atoms with van der Waals surface area (Å²) in [5.74, 6) is 1.01. The maximum atomic E-state index is 12.5. The van der Waals surface area contributed by atoms with Crippen molar-refractivity contribution >= 4 is 22.5 Å². The van der Waals surface area contributed by atoms with Crippen LogP contribution in [0.15, 0.2) is 48.7 Å². The molecule has 5 heteroatoms. The molecule has 0 radical (unpaired) electrons. The number of fused-ring (bicyclic) bond motifs is 1. The molecule has 0 bridgehead atoms. The summed E-state index contributed by atoms with van der Waals surface area (Å²) in [6, 6.07) is 12.8. The number of hydrogen-bond acceptors (Lipinski definition) is 3. The highest BCUT2D eigenvalue weighted by atomic mass is 16.5. The van der Waals surface area contributed by atoms with Crippen molar-refractivity contribution < 1.29 is 14.3 Å². The number of carbonyl (C=O) groups excluding carboxylic acids is 1. The molecule has 5 nitrogen and oxygen atoms in total. The lowest BCUT2D eigenvalue weighted by molar-refractivity contribution is 0.102. The first kappa shape index (κ1) is 14.0. The Morgan fingerprint density at radius 3 is 2.64 bits per heavy atom. The van der Waals surface area contributed by atoms with Gasteiger partial charge < -0.3 is 19.8 Å². The molecule has 1 amide bonds. The van der Waals surface area contributed by atoms with Gasteiger partial charge in [-0.15, -0.1) is 0 Å². The first-order valence-corrected chi connectivity index (χ1v) is 6.82. The van der Waals surface area contributed by atoms with Crippen LogP contribution < -0.4 is 14.8 Å². The van der Waals surface area contributed by atoms with Gasteiger partial charge in [0, 0.05) is 23.3 Å². The highest BCUT2D eigenvalue weighted by Crippen LogP contribution is 2.30. The van der Waals surface area contributed by atoms with Gasteiger partial charge in [-0.25, -0.2) is 0 Å². The van der Waals surface area contributed by atoms with Crippen molar-refractivity contribution in [1.82, 2.24) is 4.98 Å². The highest BCUT2D eigenvalue weighted by molar-refractivity contribution is 6.12. The maximum absolute atomic E-state index is 12.5. The molecular formula is C17H16N2O3. The molecule has 22 heavy (non-hydrogen) atoms. The number of ether oxygens (including phenoxy) is 2. The number of anilines is 1. The van der Waals surface area contributed by atoms with Gasteiger partial charge in [-0.05, 0) is 24.3 Å². The lowest BCUT2D eigenvalue weighted by Crippen LogP contribution is -2.12. The first-order valence-electron chi connectivity index (χ1n) is 6.82. The number of benzene rings is 2. The van der Waals surface area contributed by atoms with E-state index in [2.05, 4.69) is 10.3 Å². The van der Waals surface area contributed by atoms with E-state index in [1.54, 1.807) is 38.5 Å². The molecule has 0 saturated heterocycles. The molecule has 2 aromatic carbocycles. The predicted octanol–water partition coefficient (Wildman–Crippen LogP) is 3.44. The van der Waals surface area contributed by atoms with Crippen LogP contribution in [-0.4, -0.2) is 25.1 Å². The Balaban J connectivity index is 1.90. The van der Waals surface area contributed by atoms with Crippen molar-refractivity contribution in [2.45, 2.75) is 0 Å². The van der Waals surface area contributed by atoms with E-state index in [4.69, 9.17) is 9.47 Å². The molecular weight excluding hydrogens is 280 g/mol. The average Bonchev–Trinajstić information content (AvgIpc) is 3.03. The summed E-state index contributed by atoms with van der Waals surface area (Å²) in [5.41, 5.74) is 2.06. The molecule has 0 fully saturated rings. The van der Waals surface area contributed by atoms with Crippen LogP contribution >= 0.6 is 0 Å². The largest absolute Gasteiger partial charge is 0.493 e. The minimum atomic E-state index is -0.180. The molecule has 0 unspecified atom stereocenters. The lowest BCUT2D eigenvalue weighted by Gasteiger charge is -2.11. The van der Waals surface area contributed by atoms with Crippen LogP contribution in [0, 0.1) is 0 Å². The predicted molar refractivity (Wildman–Crippen MR) is 85.8 cm³/mol. The normalized spacial score (nSPS) is 10.5. The molecule has 1 aromatic heterocycles. The molecule has 3 aromatic rings. The van der Waals surface area contributed by atoms with Crippen LogP contribution in [0.25, 0.3) is 10.9 Å². The van der Waals surface area contributed by atoms with Crippen LogP contribution in [0.3, 0.4) is 0 Å². The van der Waals surface area contributed by atoms with Gasteiger partial charge in [-0.2, -0.15) is 0 Å². The Morgan fingerprint density at radius 2 is 1.86 bits per heavy atom. The van der Waals surface area contributed by atoms with Crippen molar-refractivity contribution in [2.75, 3.05) is 19.5 Å². The number of para-hydroxylation sites is 1. The van der Waals surface area contributed by atoms with Crippen LogP contribution in [0.2, 0.25) is 0 Å². The van der Waals surface area contributed by atoms with Gasteiger partial charge >= 0.3 is 0 Å². The van der Waals surface area contributed by atoms with E-state index in [0.29, 0.717) is 22.7 Å². The average molecular weight is 296 g/mol. The summed E-state index contributed by atoms with van der Waals surface area (Å²) in [4.78, 5) is 15.6. The number of aromatic amines is 1. The molecule has 0 aliphatic heterocycles. The summed E-state index contributed by atoms with van der Waals surface area (Å²) in [7, 11) is 3.13. The fourth-order valence-corrected chi connectivity index (χ4v) is 2.39. The number of hydrogen-bond donors (Lipinski definition) is 2. The van der Waals surface area contributed by atoms with Gasteiger partial charge in [-0.3, -0.25) is 4.79 Å². The number of amides is 1. The molecule has 112 valence electrons. The minimum Gasteiger partial charge on any atom is -0.493 e. The smallest absolute Gasteiger partial charge is 0.257 e. The molecule has 1 heterocycles. The van der Waals surface area contributed by atoms with Gasteiger partial charge in [-0.1, -0.05) is 12.1 Å². The van der Waals surface area contributed by atoms with Crippen molar-refractivity contribution in [3.63, 3.8) is 0 Å². The molecule has 0 spiro atoms. The van der Waals surface area contributed by atoms with Crippen LogP contribution in [0.1, 0.15) is 10.4 Å². The van der Waals surface area contributed by atoms with E-state index in [-0.39, 0.29) is 5.91 Å². The summed E-state index contributed by atoms with van der Waals surface area (Å²) in [6.07, 6.45) is 1.82. The molecule has 3 rings (SSSR count). The lowest BCUT2D eigenvalue weighted by atomic mass is 10.1. The summed E-state index contributed by atoms with van der Waals surface area (Å²) < 4.78 is 10.4. The topological polar surface area (TPSA) is 63.3 Å². The van der Waals surface area contributed by atoms with Crippen molar-refractivity contribution in [1.29, 1.82) is 0 Å². The van der Waals surface area contributed by atoms with Crippen LogP contribution in [0.5, 0.6) is 11.5 Å². The Hall–Kier alpha value is -2.95. The van der Waals surface area contributed by atoms with Gasteiger partial charge in [0.05, 0.1) is 25.3 Å². The SMILES string of the molecule is COc1ccc(NC(=O)c2cccc3cc[nH]c23)cc1OC. The van der Waals surface area contributed by atoms with Crippen molar-refractivity contribution in [3.05, 3.63) is 54.2 Å². The minimum absolute atomic E-state index is 0.180. The Morgan fingerprint density at radius 1 is 1.05 bits per heavy atom. The molecule has 0 atom stereocenters. The van der Waals surface area contributed by atoms with E-state index in [1.165, 1.54) is 0 Å². The summed E-state index contributed by atoms with van der Waals surface area (Å²) in [5, 5.41) is 3.87. The monoisotopic (exact) mass is 296 g/mol. The number of methoxy groups -OCH3 is 2. The van der Waals surface area contributed by atoms with E-state index in [0.717, 1.165) is 10.9 Å². The Kier molecular flexibility index (Phi) is 3.70. The number of rotatable bonds is 4. The van der Waals surface area contributed by atoms with Gasteiger partial charge in [0.25, 0.3) is 5.91 Å². The first-order chi connectivity index (χ1) is 10.7. The maximum Gasteiger partial charge on any atom is 0.257 e. The second-order valence-corrected chi connectivity index (χ2v) is 4.77. The molecule has 0 aliphatic rings.